The van der Waals surface area contributed by atoms with Gasteiger partial charge in [-0.05, 0) is 73.2 Å². The van der Waals surface area contributed by atoms with Gasteiger partial charge in [-0.15, -0.1) is 5.10 Å². The highest BCUT2D eigenvalue weighted by Gasteiger charge is 2.44. The molecular weight excluding hydrogens is 415 g/mol. The quantitative estimate of drug-likeness (QED) is 0.478. The lowest BCUT2D eigenvalue weighted by Crippen LogP contribution is -2.30. The predicted molar refractivity (Wildman–Crippen MR) is 125 cm³/mol. The Bertz CT molecular complexity index is 1300. The molecule has 2 unspecified atom stereocenters. The monoisotopic (exact) mass is 440 g/mol. The molecule has 166 valence electrons. The molecule has 4 aromatic rings. The Balaban J connectivity index is 1.28. The molecular formula is C26H25FN6. The first-order valence-electron chi connectivity index (χ1n) is 11.8. The van der Waals surface area contributed by atoms with Gasteiger partial charge in [0.2, 0.25) is 0 Å². The van der Waals surface area contributed by atoms with Crippen molar-refractivity contribution in [1.82, 2.24) is 24.5 Å². The molecule has 3 fully saturated rings. The second-order valence-electron chi connectivity index (χ2n) is 9.62. The number of hydrogen-bond acceptors (Lipinski definition) is 5. The highest BCUT2D eigenvalue weighted by molar-refractivity contribution is 5.81. The molecule has 7 heteroatoms. The second-order valence-corrected chi connectivity index (χ2v) is 9.62. The standard InChI is InChI=1S/C26H25FN6/c27-21-3-1-17(2-4-21)25-26(18-9-11-28-12-10-18)33-23(29-25)7-8-24(30-33)32-15-19-13-31(22-5-6-22)14-20(19)16-32/h1-4,7-12,19-20,22H,5-6,13-16H2. The van der Waals surface area contributed by atoms with E-state index in [-0.39, 0.29) is 5.82 Å². The van der Waals surface area contributed by atoms with Crippen LogP contribution in [0.3, 0.4) is 0 Å². The van der Waals surface area contributed by atoms with Crippen LogP contribution in [0.1, 0.15) is 12.8 Å². The number of halogens is 1. The number of rotatable bonds is 4. The van der Waals surface area contributed by atoms with Gasteiger partial charge in [-0.1, -0.05) is 0 Å². The van der Waals surface area contributed by atoms with Crippen molar-refractivity contribution in [3.63, 3.8) is 0 Å². The normalized spacial score (nSPS) is 22.9. The van der Waals surface area contributed by atoms with Crippen molar-refractivity contribution in [2.24, 2.45) is 11.8 Å². The summed E-state index contributed by atoms with van der Waals surface area (Å²) in [5.74, 6) is 2.21. The second kappa shape index (κ2) is 7.35. The third-order valence-electron chi connectivity index (χ3n) is 7.44. The molecule has 1 aliphatic carbocycles. The minimum Gasteiger partial charge on any atom is -0.355 e. The Labute approximate surface area is 191 Å². The van der Waals surface area contributed by atoms with E-state index in [0.29, 0.717) is 0 Å². The van der Waals surface area contributed by atoms with Crippen molar-refractivity contribution in [3.8, 4) is 22.5 Å². The average Bonchev–Trinajstić information content (AvgIpc) is 3.33. The topological polar surface area (TPSA) is 49.6 Å². The van der Waals surface area contributed by atoms with Gasteiger partial charge in [-0.3, -0.25) is 9.88 Å². The van der Waals surface area contributed by atoms with Gasteiger partial charge in [0.05, 0.1) is 5.69 Å². The average molecular weight is 441 g/mol. The Morgan fingerprint density at radius 3 is 2.21 bits per heavy atom. The Morgan fingerprint density at radius 1 is 0.788 bits per heavy atom. The summed E-state index contributed by atoms with van der Waals surface area (Å²) in [6, 6.07) is 15.4. The molecule has 3 aromatic heterocycles. The number of anilines is 1. The highest BCUT2D eigenvalue weighted by atomic mass is 19.1. The molecule has 0 N–H and O–H groups in total. The highest BCUT2D eigenvalue weighted by Crippen LogP contribution is 2.39. The summed E-state index contributed by atoms with van der Waals surface area (Å²) in [7, 11) is 0. The fourth-order valence-electron chi connectivity index (χ4n) is 5.62. The van der Waals surface area contributed by atoms with Gasteiger partial charge in [0.1, 0.15) is 17.3 Å². The number of fused-ring (bicyclic) bond motifs is 2. The third-order valence-corrected chi connectivity index (χ3v) is 7.44. The minimum absolute atomic E-state index is 0.256. The molecule has 33 heavy (non-hydrogen) atoms. The number of pyridine rings is 1. The summed E-state index contributed by atoms with van der Waals surface area (Å²) < 4.78 is 15.5. The van der Waals surface area contributed by atoms with Crippen LogP contribution in [0.5, 0.6) is 0 Å². The molecule has 1 saturated carbocycles. The van der Waals surface area contributed by atoms with Gasteiger partial charge in [-0.2, -0.15) is 0 Å². The van der Waals surface area contributed by atoms with E-state index in [1.54, 1.807) is 24.5 Å². The fraction of sp³-hybridized carbons (Fsp3) is 0.346. The maximum absolute atomic E-state index is 13.6. The van der Waals surface area contributed by atoms with Gasteiger partial charge in [0.15, 0.2) is 5.65 Å². The summed E-state index contributed by atoms with van der Waals surface area (Å²) in [4.78, 5) is 14.2. The molecule has 0 amide bonds. The van der Waals surface area contributed by atoms with Gasteiger partial charge in [-0.25, -0.2) is 13.9 Å². The number of benzene rings is 1. The van der Waals surface area contributed by atoms with Crippen LogP contribution in [0.2, 0.25) is 0 Å². The largest absolute Gasteiger partial charge is 0.355 e. The number of imidazole rings is 1. The van der Waals surface area contributed by atoms with Crippen LogP contribution in [0.4, 0.5) is 10.2 Å². The first kappa shape index (κ1) is 19.2. The van der Waals surface area contributed by atoms with E-state index < -0.39 is 0 Å². The molecule has 0 spiro atoms. The van der Waals surface area contributed by atoms with Crippen molar-refractivity contribution < 1.29 is 4.39 Å². The van der Waals surface area contributed by atoms with Crippen LogP contribution in [-0.2, 0) is 0 Å². The number of aromatic nitrogens is 4. The van der Waals surface area contributed by atoms with E-state index in [1.807, 2.05) is 22.7 Å². The molecule has 0 bridgehead atoms. The maximum Gasteiger partial charge on any atom is 0.155 e. The van der Waals surface area contributed by atoms with Crippen molar-refractivity contribution >= 4 is 11.5 Å². The molecule has 2 atom stereocenters. The summed E-state index contributed by atoms with van der Waals surface area (Å²) >= 11 is 0. The SMILES string of the molecule is Fc1ccc(-c2nc3ccc(N4CC5CN(C6CC6)CC5C4)nn3c2-c2ccncc2)cc1. The van der Waals surface area contributed by atoms with E-state index in [4.69, 9.17) is 10.1 Å². The molecule has 6 nitrogen and oxygen atoms in total. The first-order chi connectivity index (χ1) is 16.2. The Kier molecular flexibility index (Phi) is 4.27. The molecule has 2 aliphatic heterocycles. The predicted octanol–water partition coefficient (Wildman–Crippen LogP) is 4.13. The summed E-state index contributed by atoms with van der Waals surface area (Å²) in [5.41, 5.74) is 4.33. The van der Waals surface area contributed by atoms with E-state index in [9.17, 15) is 4.39 Å². The zero-order valence-electron chi connectivity index (χ0n) is 18.3. The van der Waals surface area contributed by atoms with Crippen LogP contribution in [0.25, 0.3) is 28.2 Å². The van der Waals surface area contributed by atoms with E-state index >= 15 is 0 Å². The minimum atomic E-state index is -0.256. The van der Waals surface area contributed by atoms with Crippen molar-refractivity contribution in [1.29, 1.82) is 0 Å². The van der Waals surface area contributed by atoms with Crippen LogP contribution in [0.15, 0.2) is 60.9 Å². The van der Waals surface area contributed by atoms with Crippen LogP contribution < -0.4 is 4.90 Å². The lowest BCUT2D eigenvalue weighted by atomic mass is 10.0. The summed E-state index contributed by atoms with van der Waals surface area (Å²) in [6.07, 6.45) is 6.33. The summed E-state index contributed by atoms with van der Waals surface area (Å²) in [6.45, 7) is 4.60. The van der Waals surface area contributed by atoms with Crippen LogP contribution in [0, 0.1) is 17.7 Å². The maximum atomic E-state index is 13.6. The zero-order valence-corrected chi connectivity index (χ0v) is 18.3. The van der Waals surface area contributed by atoms with E-state index in [0.717, 1.165) is 64.9 Å². The van der Waals surface area contributed by atoms with Crippen molar-refractivity contribution in [2.45, 2.75) is 18.9 Å². The molecule has 2 saturated heterocycles. The summed E-state index contributed by atoms with van der Waals surface area (Å²) in [5, 5.41) is 5.06. The Morgan fingerprint density at radius 2 is 1.52 bits per heavy atom. The van der Waals surface area contributed by atoms with Crippen molar-refractivity contribution in [3.05, 3.63) is 66.7 Å². The van der Waals surface area contributed by atoms with Crippen LogP contribution in [-0.4, -0.2) is 56.7 Å². The molecule has 3 aliphatic rings. The lowest BCUT2D eigenvalue weighted by molar-refractivity contribution is 0.306. The molecule has 1 aromatic carbocycles. The lowest BCUT2D eigenvalue weighted by Gasteiger charge is -2.22. The molecule has 0 radical (unpaired) electrons. The van der Waals surface area contributed by atoms with Crippen LogP contribution >= 0.6 is 0 Å². The number of likely N-dealkylation sites (tertiary alicyclic amines) is 1. The van der Waals surface area contributed by atoms with E-state index in [2.05, 4.69) is 20.9 Å². The number of hydrogen-bond donors (Lipinski definition) is 0. The number of nitrogens with zero attached hydrogens (tertiary/aromatic N) is 6. The van der Waals surface area contributed by atoms with Gasteiger partial charge < -0.3 is 4.90 Å². The first-order valence-corrected chi connectivity index (χ1v) is 11.8. The fourth-order valence-corrected chi connectivity index (χ4v) is 5.62. The van der Waals surface area contributed by atoms with E-state index in [1.165, 1.54) is 38.1 Å². The zero-order chi connectivity index (χ0) is 21.9. The molecule has 7 rings (SSSR count). The van der Waals surface area contributed by atoms with Gasteiger partial charge in [0, 0.05) is 55.7 Å². The molecule has 5 heterocycles. The Hall–Kier alpha value is -3.32. The van der Waals surface area contributed by atoms with Gasteiger partial charge >= 0.3 is 0 Å². The van der Waals surface area contributed by atoms with Crippen molar-refractivity contribution in [2.75, 3.05) is 31.1 Å². The van der Waals surface area contributed by atoms with Gasteiger partial charge in [0.25, 0.3) is 0 Å². The third kappa shape index (κ3) is 3.30. The smallest absolute Gasteiger partial charge is 0.155 e.